The van der Waals surface area contributed by atoms with E-state index in [-0.39, 0.29) is 0 Å². The predicted octanol–water partition coefficient (Wildman–Crippen LogP) is 7.40. The van der Waals surface area contributed by atoms with E-state index in [1.54, 1.807) is 7.11 Å². The average molecular weight is 497 g/mol. The van der Waals surface area contributed by atoms with Gasteiger partial charge in [-0.25, -0.2) is 0 Å². The summed E-state index contributed by atoms with van der Waals surface area (Å²) in [7, 11) is 1.69. The lowest BCUT2D eigenvalue weighted by molar-refractivity contribution is 0.414. The van der Waals surface area contributed by atoms with E-state index in [0.29, 0.717) is 0 Å². The lowest BCUT2D eigenvalue weighted by Gasteiger charge is -2.15. The first kappa shape index (κ1) is 19.0. The molecular formula is C24H19Br2NO. The van der Waals surface area contributed by atoms with E-state index in [1.807, 2.05) is 24.3 Å². The second-order valence-electron chi connectivity index (χ2n) is 6.49. The minimum atomic E-state index is 0.753. The second kappa shape index (κ2) is 8.38. The molecule has 0 saturated heterocycles. The van der Waals surface area contributed by atoms with Gasteiger partial charge < -0.3 is 9.30 Å². The summed E-state index contributed by atoms with van der Waals surface area (Å²) in [6, 6.07) is 29.2. The van der Waals surface area contributed by atoms with Crippen molar-refractivity contribution in [2.75, 3.05) is 7.11 Å². The molecule has 0 amide bonds. The monoisotopic (exact) mass is 495 g/mol. The fraction of sp³-hybridized carbons (Fsp3) is 0.0833. The molecule has 0 spiro atoms. The van der Waals surface area contributed by atoms with Crippen molar-refractivity contribution < 1.29 is 4.74 Å². The van der Waals surface area contributed by atoms with Gasteiger partial charge in [0.25, 0.3) is 0 Å². The van der Waals surface area contributed by atoms with E-state index >= 15 is 0 Å². The number of hydrogen-bond donors (Lipinski definition) is 0. The molecule has 0 atom stereocenters. The lowest BCUT2D eigenvalue weighted by atomic mass is 10.1. The molecule has 2 nitrogen and oxygen atoms in total. The largest absolute Gasteiger partial charge is 0.497 e. The average Bonchev–Trinajstić information content (AvgIpc) is 2.99. The molecule has 0 aliphatic carbocycles. The van der Waals surface area contributed by atoms with Crippen molar-refractivity contribution in [2.24, 2.45) is 0 Å². The second-order valence-corrected chi connectivity index (χ2v) is 8.08. The maximum Gasteiger partial charge on any atom is 0.118 e. The zero-order valence-corrected chi connectivity index (χ0v) is 18.6. The van der Waals surface area contributed by atoms with Crippen molar-refractivity contribution in [1.29, 1.82) is 0 Å². The molecular weight excluding hydrogens is 478 g/mol. The molecule has 0 unspecified atom stereocenters. The summed E-state index contributed by atoms with van der Waals surface area (Å²) in [5.74, 6) is 0.866. The summed E-state index contributed by atoms with van der Waals surface area (Å²) in [5.41, 5.74) is 5.87. The SMILES string of the molecule is COc1ccc(Cn2c(-c3ccccc3)c(Br)c(Br)c2-c2ccccc2)cc1. The number of benzene rings is 3. The highest BCUT2D eigenvalue weighted by Gasteiger charge is 2.22. The van der Waals surface area contributed by atoms with Crippen molar-refractivity contribution in [1.82, 2.24) is 4.57 Å². The number of rotatable bonds is 5. The van der Waals surface area contributed by atoms with E-state index in [9.17, 15) is 0 Å². The van der Waals surface area contributed by atoms with Gasteiger partial charge in [0.05, 0.1) is 27.4 Å². The van der Waals surface area contributed by atoms with Crippen LogP contribution in [0.5, 0.6) is 5.75 Å². The Bertz CT molecular complexity index is 1010. The molecule has 3 aromatic carbocycles. The highest BCUT2D eigenvalue weighted by molar-refractivity contribution is 9.13. The fourth-order valence-electron chi connectivity index (χ4n) is 3.39. The van der Waals surface area contributed by atoms with Crippen LogP contribution < -0.4 is 4.74 Å². The minimum absolute atomic E-state index is 0.753. The van der Waals surface area contributed by atoms with Crippen LogP contribution in [0.3, 0.4) is 0 Å². The Balaban J connectivity index is 1.91. The third-order valence-electron chi connectivity index (χ3n) is 4.74. The first-order valence-corrected chi connectivity index (χ1v) is 10.6. The van der Waals surface area contributed by atoms with Crippen molar-refractivity contribution in [3.8, 4) is 28.3 Å². The van der Waals surface area contributed by atoms with Gasteiger partial charge in [-0.15, -0.1) is 0 Å². The Morgan fingerprint density at radius 3 is 1.57 bits per heavy atom. The molecule has 0 fully saturated rings. The molecule has 4 aromatic rings. The smallest absolute Gasteiger partial charge is 0.118 e. The van der Waals surface area contributed by atoms with E-state index < -0.39 is 0 Å². The van der Waals surface area contributed by atoms with Gasteiger partial charge in [-0.3, -0.25) is 0 Å². The van der Waals surface area contributed by atoms with Crippen LogP contribution in [0.15, 0.2) is 93.9 Å². The Labute approximate surface area is 182 Å². The normalized spacial score (nSPS) is 10.8. The molecule has 28 heavy (non-hydrogen) atoms. The van der Waals surface area contributed by atoms with E-state index in [2.05, 4.69) is 97.1 Å². The molecule has 0 bridgehead atoms. The Morgan fingerprint density at radius 2 is 1.14 bits per heavy atom. The summed E-state index contributed by atoms with van der Waals surface area (Å²) in [6.45, 7) is 0.753. The Morgan fingerprint density at radius 1 is 0.679 bits per heavy atom. The molecule has 1 aromatic heterocycles. The standard InChI is InChI=1S/C24H19Br2NO/c1-28-20-14-12-17(13-15-20)16-27-23(18-8-4-2-5-9-18)21(25)22(26)24(27)19-10-6-3-7-11-19/h2-15H,16H2,1H3. The first-order valence-electron chi connectivity index (χ1n) is 9.00. The van der Waals surface area contributed by atoms with Crippen LogP contribution in [0, 0.1) is 0 Å². The van der Waals surface area contributed by atoms with Gasteiger partial charge in [0, 0.05) is 6.54 Å². The summed E-state index contributed by atoms with van der Waals surface area (Å²) < 4.78 is 9.79. The van der Waals surface area contributed by atoms with Crippen LogP contribution in [0.25, 0.3) is 22.5 Å². The number of ether oxygens (including phenoxy) is 1. The van der Waals surface area contributed by atoms with Gasteiger partial charge in [-0.05, 0) is 60.7 Å². The Hall–Kier alpha value is -2.30. The molecule has 0 radical (unpaired) electrons. The third kappa shape index (κ3) is 3.67. The molecule has 4 heteroatoms. The van der Waals surface area contributed by atoms with Crippen molar-refractivity contribution in [3.05, 3.63) is 99.4 Å². The number of methoxy groups -OCH3 is 1. The van der Waals surface area contributed by atoms with E-state index in [4.69, 9.17) is 4.74 Å². The van der Waals surface area contributed by atoms with Crippen molar-refractivity contribution in [2.45, 2.75) is 6.54 Å². The van der Waals surface area contributed by atoms with Gasteiger partial charge in [0.1, 0.15) is 5.75 Å². The zero-order valence-electron chi connectivity index (χ0n) is 15.4. The van der Waals surface area contributed by atoms with Crippen LogP contribution in [0.2, 0.25) is 0 Å². The molecule has 0 aliphatic heterocycles. The van der Waals surface area contributed by atoms with Crippen LogP contribution in [-0.4, -0.2) is 11.7 Å². The highest BCUT2D eigenvalue weighted by Crippen LogP contribution is 2.44. The third-order valence-corrected chi connectivity index (χ3v) is 6.82. The van der Waals surface area contributed by atoms with Gasteiger partial charge in [0.2, 0.25) is 0 Å². The topological polar surface area (TPSA) is 14.2 Å². The zero-order chi connectivity index (χ0) is 19.5. The fourth-order valence-corrected chi connectivity index (χ4v) is 4.65. The highest BCUT2D eigenvalue weighted by atomic mass is 79.9. The maximum atomic E-state index is 5.31. The van der Waals surface area contributed by atoms with Gasteiger partial charge >= 0.3 is 0 Å². The number of hydrogen-bond acceptors (Lipinski definition) is 1. The summed E-state index contributed by atoms with van der Waals surface area (Å²) in [6.07, 6.45) is 0. The van der Waals surface area contributed by atoms with Gasteiger partial charge in [-0.1, -0.05) is 72.8 Å². The summed E-state index contributed by atoms with van der Waals surface area (Å²) in [5, 5.41) is 0. The van der Waals surface area contributed by atoms with Crippen LogP contribution in [-0.2, 0) is 6.54 Å². The number of halogens is 2. The lowest BCUT2D eigenvalue weighted by Crippen LogP contribution is -2.04. The molecule has 0 N–H and O–H groups in total. The van der Waals surface area contributed by atoms with Gasteiger partial charge in [0.15, 0.2) is 0 Å². The quantitative estimate of drug-likeness (QED) is 0.280. The first-order chi connectivity index (χ1) is 13.7. The van der Waals surface area contributed by atoms with Crippen LogP contribution in [0.1, 0.15) is 5.56 Å². The molecule has 1 heterocycles. The molecule has 0 saturated carbocycles. The Kier molecular flexibility index (Phi) is 5.69. The number of aromatic nitrogens is 1. The van der Waals surface area contributed by atoms with Crippen LogP contribution in [0.4, 0.5) is 0 Å². The van der Waals surface area contributed by atoms with Crippen molar-refractivity contribution >= 4 is 31.9 Å². The number of nitrogens with zero attached hydrogens (tertiary/aromatic N) is 1. The predicted molar refractivity (Wildman–Crippen MR) is 123 cm³/mol. The molecule has 0 aliphatic rings. The van der Waals surface area contributed by atoms with E-state index in [0.717, 1.165) is 32.6 Å². The minimum Gasteiger partial charge on any atom is -0.497 e. The summed E-state index contributed by atoms with van der Waals surface area (Å²) in [4.78, 5) is 0. The maximum absolute atomic E-state index is 5.31. The summed E-state index contributed by atoms with van der Waals surface area (Å²) >= 11 is 7.67. The van der Waals surface area contributed by atoms with E-state index in [1.165, 1.54) is 16.7 Å². The molecule has 4 rings (SSSR count). The van der Waals surface area contributed by atoms with Crippen LogP contribution >= 0.6 is 31.9 Å². The van der Waals surface area contributed by atoms with Crippen molar-refractivity contribution in [3.63, 3.8) is 0 Å². The van der Waals surface area contributed by atoms with Gasteiger partial charge in [-0.2, -0.15) is 0 Å². The molecule has 140 valence electrons.